The molecule has 3 fully saturated rings. The molecular formula is C22H30FNO3. The fourth-order valence-corrected chi connectivity index (χ4v) is 6.31. The second-order valence-electron chi connectivity index (χ2n) is 9.05. The van der Waals surface area contributed by atoms with Gasteiger partial charge in [-0.05, 0) is 54.1 Å². The SMILES string of the molecule is CCC(=O)N[C@@H]1C(C)(C)[C@@H]2C[C@@H]3[C@@H](c4c(F)cccc4OC)OCCC31C2. The number of carbonyl (C=O) groups excluding carboxylic acids is 1. The van der Waals surface area contributed by atoms with Crippen molar-refractivity contribution in [2.24, 2.45) is 22.7 Å². The lowest BCUT2D eigenvalue weighted by atomic mass is 9.58. The minimum Gasteiger partial charge on any atom is -0.496 e. The Labute approximate surface area is 160 Å². The number of carbonyl (C=O) groups is 1. The third kappa shape index (κ3) is 2.61. The van der Waals surface area contributed by atoms with Crippen LogP contribution in [-0.4, -0.2) is 25.7 Å². The molecule has 2 aliphatic carbocycles. The van der Waals surface area contributed by atoms with E-state index in [1.54, 1.807) is 19.2 Å². The Hall–Kier alpha value is -1.62. The highest BCUT2D eigenvalue weighted by atomic mass is 19.1. The number of amides is 1. The molecule has 1 aliphatic heterocycles. The Balaban J connectivity index is 1.75. The maximum Gasteiger partial charge on any atom is 0.219 e. The van der Waals surface area contributed by atoms with E-state index in [1.165, 1.54) is 6.07 Å². The van der Waals surface area contributed by atoms with E-state index in [-0.39, 0.29) is 40.6 Å². The molecule has 1 unspecified atom stereocenters. The van der Waals surface area contributed by atoms with E-state index in [4.69, 9.17) is 9.47 Å². The van der Waals surface area contributed by atoms with E-state index in [0.29, 0.717) is 30.3 Å². The standard InChI is InChI=1S/C22H30FNO3/c1-5-17(25)24-20-21(2,3)13-11-14-19(27-10-9-22(14,20)12-13)18-15(23)7-6-8-16(18)26-4/h6-8,13-14,19-20H,5,9-12H2,1-4H3,(H,24,25)/t13-,14-,19+,20-,22?/m1/s1. The molecule has 1 aromatic rings. The minimum absolute atomic E-state index is 0.0325. The number of hydrogen-bond donors (Lipinski definition) is 1. The Morgan fingerprint density at radius 3 is 2.89 bits per heavy atom. The number of hydrogen-bond acceptors (Lipinski definition) is 3. The van der Waals surface area contributed by atoms with Gasteiger partial charge in [-0.2, -0.15) is 0 Å². The third-order valence-corrected chi connectivity index (χ3v) is 7.65. The first-order valence-electron chi connectivity index (χ1n) is 10.1. The van der Waals surface area contributed by atoms with Crippen molar-refractivity contribution in [3.05, 3.63) is 29.6 Å². The summed E-state index contributed by atoms with van der Waals surface area (Å²) in [5, 5.41) is 3.34. The number of rotatable bonds is 4. The summed E-state index contributed by atoms with van der Waals surface area (Å²) in [4.78, 5) is 12.3. The van der Waals surface area contributed by atoms with Gasteiger partial charge in [0.1, 0.15) is 11.6 Å². The summed E-state index contributed by atoms with van der Waals surface area (Å²) >= 11 is 0. The van der Waals surface area contributed by atoms with E-state index in [2.05, 4.69) is 19.2 Å². The van der Waals surface area contributed by atoms with Gasteiger partial charge in [0.15, 0.2) is 0 Å². The predicted molar refractivity (Wildman–Crippen MR) is 101 cm³/mol. The monoisotopic (exact) mass is 375 g/mol. The van der Waals surface area contributed by atoms with Gasteiger partial charge in [-0.3, -0.25) is 4.79 Å². The average molecular weight is 375 g/mol. The molecule has 1 spiro atoms. The summed E-state index contributed by atoms with van der Waals surface area (Å²) < 4.78 is 26.4. The average Bonchev–Trinajstić information content (AvgIpc) is 3.14. The van der Waals surface area contributed by atoms with Crippen LogP contribution in [0.5, 0.6) is 5.75 Å². The van der Waals surface area contributed by atoms with Crippen LogP contribution in [0.2, 0.25) is 0 Å². The first kappa shape index (κ1) is 18.7. The minimum atomic E-state index is -0.322. The highest BCUT2D eigenvalue weighted by Crippen LogP contribution is 2.70. The van der Waals surface area contributed by atoms with Gasteiger partial charge in [-0.25, -0.2) is 4.39 Å². The molecular weight excluding hydrogens is 345 g/mol. The molecule has 4 nitrogen and oxygen atoms in total. The third-order valence-electron chi connectivity index (χ3n) is 7.65. The molecule has 148 valence electrons. The summed E-state index contributed by atoms with van der Waals surface area (Å²) in [6.07, 6.45) is 3.17. The second-order valence-corrected chi connectivity index (χ2v) is 9.05. The van der Waals surface area contributed by atoms with Crippen molar-refractivity contribution < 1.29 is 18.7 Å². The van der Waals surface area contributed by atoms with E-state index in [1.807, 2.05) is 6.92 Å². The van der Waals surface area contributed by atoms with Crippen molar-refractivity contribution in [3.8, 4) is 5.75 Å². The smallest absolute Gasteiger partial charge is 0.219 e. The molecule has 1 saturated heterocycles. The van der Waals surface area contributed by atoms with Crippen molar-refractivity contribution in [2.45, 2.75) is 58.6 Å². The van der Waals surface area contributed by atoms with E-state index >= 15 is 0 Å². The molecule has 27 heavy (non-hydrogen) atoms. The maximum absolute atomic E-state index is 14.8. The maximum atomic E-state index is 14.8. The molecule has 2 saturated carbocycles. The normalized spacial score (nSPS) is 36.3. The second kappa shape index (κ2) is 6.47. The highest BCUT2D eigenvalue weighted by molar-refractivity contribution is 5.76. The molecule has 2 bridgehead atoms. The molecule has 1 heterocycles. The molecule has 3 aliphatic rings. The van der Waals surface area contributed by atoms with Crippen LogP contribution in [0.25, 0.3) is 0 Å². The van der Waals surface area contributed by atoms with Crippen molar-refractivity contribution in [3.63, 3.8) is 0 Å². The predicted octanol–water partition coefficient (Wildman–Crippen LogP) is 4.24. The first-order chi connectivity index (χ1) is 12.8. The molecule has 1 amide bonds. The van der Waals surface area contributed by atoms with E-state index in [9.17, 15) is 9.18 Å². The van der Waals surface area contributed by atoms with Crippen LogP contribution in [0, 0.1) is 28.5 Å². The fraction of sp³-hybridized carbons (Fsp3) is 0.682. The van der Waals surface area contributed by atoms with Gasteiger partial charge in [0.25, 0.3) is 0 Å². The van der Waals surface area contributed by atoms with E-state index < -0.39 is 0 Å². The zero-order valence-electron chi connectivity index (χ0n) is 16.7. The number of ether oxygens (including phenoxy) is 2. The summed E-state index contributed by atoms with van der Waals surface area (Å²) in [7, 11) is 1.57. The van der Waals surface area contributed by atoms with Gasteiger partial charge in [0, 0.05) is 19.1 Å². The van der Waals surface area contributed by atoms with Crippen molar-refractivity contribution in [1.29, 1.82) is 0 Å². The van der Waals surface area contributed by atoms with Crippen LogP contribution < -0.4 is 10.1 Å². The molecule has 1 aromatic carbocycles. The Kier molecular flexibility index (Phi) is 4.49. The molecule has 4 rings (SSSR count). The summed E-state index contributed by atoms with van der Waals surface area (Å²) in [6, 6.07) is 5.06. The molecule has 5 heteroatoms. The summed E-state index contributed by atoms with van der Waals surface area (Å²) in [5.74, 6) is 1.07. The first-order valence-corrected chi connectivity index (χ1v) is 10.1. The number of methoxy groups -OCH3 is 1. The molecule has 0 radical (unpaired) electrons. The van der Waals surface area contributed by atoms with Crippen LogP contribution in [0.4, 0.5) is 4.39 Å². The molecule has 0 aromatic heterocycles. The van der Waals surface area contributed by atoms with Gasteiger partial charge in [0.2, 0.25) is 5.91 Å². The van der Waals surface area contributed by atoms with Crippen molar-refractivity contribution in [1.82, 2.24) is 5.32 Å². The van der Waals surface area contributed by atoms with Gasteiger partial charge in [-0.15, -0.1) is 0 Å². The molecule has 5 atom stereocenters. The number of halogens is 1. The highest BCUT2D eigenvalue weighted by Gasteiger charge is 2.68. The van der Waals surface area contributed by atoms with Crippen LogP contribution in [0.15, 0.2) is 18.2 Å². The molecule has 1 N–H and O–H groups in total. The lowest BCUT2D eigenvalue weighted by molar-refractivity contribution is -0.137. The lowest BCUT2D eigenvalue weighted by Crippen LogP contribution is -2.58. The Bertz CT molecular complexity index is 749. The zero-order chi connectivity index (χ0) is 19.4. The quantitative estimate of drug-likeness (QED) is 0.856. The Morgan fingerprint density at radius 2 is 2.19 bits per heavy atom. The largest absolute Gasteiger partial charge is 0.496 e. The summed E-state index contributed by atoms with van der Waals surface area (Å²) in [5.41, 5.74) is 0.549. The van der Waals surface area contributed by atoms with Crippen LogP contribution in [-0.2, 0) is 9.53 Å². The van der Waals surface area contributed by atoms with Gasteiger partial charge >= 0.3 is 0 Å². The van der Waals surface area contributed by atoms with Gasteiger partial charge in [0.05, 0.1) is 18.8 Å². The van der Waals surface area contributed by atoms with E-state index in [0.717, 1.165) is 19.3 Å². The van der Waals surface area contributed by atoms with Crippen LogP contribution >= 0.6 is 0 Å². The lowest BCUT2D eigenvalue weighted by Gasteiger charge is -2.53. The summed E-state index contributed by atoms with van der Waals surface area (Å²) in [6.45, 7) is 7.02. The Morgan fingerprint density at radius 1 is 1.41 bits per heavy atom. The number of benzene rings is 1. The fourth-order valence-electron chi connectivity index (χ4n) is 6.31. The van der Waals surface area contributed by atoms with Gasteiger partial charge < -0.3 is 14.8 Å². The van der Waals surface area contributed by atoms with Crippen molar-refractivity contribution >= 4 is 5.91 Å². The number of nitrogens with one attached hydrogen (secondary N) is 1. The van der Waals surface area contributed by atoms with Crippen molar-refractivity contribution in [2.75, 3.05) is 13.7 Å². The topological polar surface area (TPSA) is 47.6 Å². The van der Waals surface area contributed by atoms with Crippen LogP contribution in [0.3, 0.4) is 0 Å². The van der Waals surface area contributed by atoms with Crippen LogP contribution in [0.1, 0.15) is 58.1 Å². The zero-order valence-corrected chi connectivity index (χ0v) is 16.7. The number of fused-ring (bicyclic) bond motifs is 1. The van der Waals surface area contributed by atoms with Gasteiger partial charge in [-0.1, -0.05) is 26.8 Å².